The SMILES string of the molecule is CC(C)OC(=O)[C@H](C)CP(=O)(OC[C@H]1O[C@@H](n2ccc(=S)[nH]c2=O)C(O)(C(F)F)[C@H]1O)Oc1ccccc1. The second-order valence-corrected chi connectivity index (χ2v) is 11.5. The number of aliphatic hydroxyl groups excluding tert-OH is 1. The van der Waals surface area contributed by atoms with Crippen LogP contribution in [0.4, 0.5) is 8.78 Å². The number of carbonyl (C=O) groups is 1. The van der Waals surface area contributed by atoms with E-state index in [0.29, 0.717) is 4.57 Å². The number of nitrogens with zero attached hydrogens (tertiary/aromatic N) is 1. The fourth-order valence-corrected chi connectivity index (χ4v) is 5.78. The second-order valence-electron chi connectivity index (χ2n) is 9.06. The Morgan fingerprint density at radius 1 is 1.26 bits per heavy atom. The molecule has 1 fully saturated rings. The van der Waals surface area contributed by atoms with Gasteiger partial charge in [0.05, 0.1) is 24.8 Å². The van der Waals surface area contributed by atoms with E-state index in [4.69, 9.17) is 30.7 Å². The fraction of sp³-hybridized carbons (Fsp3) is 0.522. The normalized spacial score (nSPS) is 25.8. The first-order chi connectivity index (χ1) is 17.8. The summed E-state index contributed by atoms with van der Waals surface area (Å²) < 4.78 is 64.0. The van der Waals surface area contributed by atoms with Gasteiger partial charge in [0.15, 0.2) is 11.8 Å². The highest BCUT2D eigenvalue weighted by molar-refractivity contribution is 7.71. The lowest BCUT2D eigenvalue weighted by atomic mass is 9.94. The van der Waals surface area contributed by atoms with Gasteiger partial charge in [0.25, 0.3) is 6.43 Å². The molecule has 0 amide bonds. The molecule has 0 spiro atoms. The van der Waals surface area contributed by atoms with Crippen molar-refractivity contribution >= 4 is 25.8 Å². The van der Waals surface area contributed by atoms with Crippen LogP contribution in [-0.2, 0) is 23.4 Å². The number of aromatic amines is 1. The molecule has 6 atom stereocenters. The van der Waals surface area contributed by atoms with Crippen molar-refractivity contribution in [3.05, 3.63) is 57.7 Å². The van der Waals surface area contributed by atoms with Gasteiger partial charge in [-0.05, 0) is 32.0 Å². The zero-order valence-corrected chi connectivity index (χ0v) is 22.4. The first-order valence-corrected chi connectivity index (χ1v) is 13.7. The van der Waals surface area contributed by atoms with E-state index in [2.05, 4.69) is 4.98 Å². The van der Waals surface area contributed by atoms with Gasteiger partial charge < -0.3 is 24.2 Å². The van der Waals surface area contributed by atoms with Gasteiger partial charge in [0.1, 0.15) is 22.6 Å². The molecule has 1 aromatic heterocycles. The van der Waals surface area contributed by atoms with Crippen LogP contribution in [0.5, 0.6) is 5.75 Å². The number of rotatable bonds is 11. The summed E-state index contributed by atoms with van der Waals surface area (Å²) in [5.74, 6) is -1.47. The Morgan fingerprint density at radius 3 is 2.50 bits per heavy atom. The third-order valence-corrected chi connectivity index (χ3v) is 7.92. The molecule has 2 aromatic rings. The van der Waals surface area contributed by atoms with Gasteiger partial charge in [-0.25, -0.2) is 18.1 Å². The van der Waals surface area contributed by atoms with Crippen molar-refractivity contribution in [2.45, 2.75) is 57.3 Å². The van der Waals surface area contributed by atoms with E-state index in [1.54, 1.807) is 32.0 Å². The van der Waals surface area contributed by atoms with Crippen LogP contribution in [0, 0.1) is 10.6 Å². The molecule has 11 nitrogen and oxygen atoms in total. The number of hydrogen-bond acceptors (Lipinski definition) is 10. The predicted octanol–water partition coefficient (Wildman–Crippen LogP) is 3.04. The molecular formula is C23H29F2N2O9PS. The van der Waals surface area contributed by atoms with Crippen LogP contribution >= 0.6 is 19.8 Å². The monoisotopic (exact) mass is 578 g/mol. The van der Waals surface area contributed by atoms with E-state index < -0.39 is 74.5 Å². The molecular weight excluding hydrogens is 549 g/mol. The summed E-state index contributed by atoms with van der Waals surface area (Å²) in [6, 6.07) is 9.10. The van der Waals surface area contributed by atoms with Gasteiger partial charge in [-0.3, -0.25) is 18.9 Å². The first kappa shape index (κ1) is 30.1. The molecule has 1 aliphatic rings. The van der Waals surface area contributed by atoms with Crippen LogP contribution in [0.3, 0.4) is 0 Å². The molecule has 3 rings (SSSR count). The molecule has 3 N–H and O–H groups in total. The Balaban J connectivity index is 1.86. The molecule has 1 saturated heterocycles. The first-order valence-electron chi connectivity index (χ1n) is 11.6. The number of hydrogen-bond donors (Lipinski definition) is 3. The molecule has 0 bridgehead atoms. The number of para-hydroxylation sites is 1. The van der Waals surface area contributed by atoms with Gasteiger partial charge in [-0.1, -0.05) is 37.3 Å². The van der Waals surface area contributed by atoms with Gasteiger partial charge in [0.2, 0.25) is 0 Å². The van der Waals surface area contributed by atoms with E-state index in [1.807, 2.05) is 0 Å². The summed E-state index contributed by atoms with van der Waals surface area (Å²) in [6.45, 7) is 3.95. The van der Waals surface area contributed by atoms with Crippen LogP contribution in [-0.4, -0.2) is 68.8 Å². The molecule has 1 aromatic carbocycles. The number of halogens is 2. The van der Waals surface area contributed by atoms with Crippen LogP contribution in [0.15, 0.2) is 47.4 Å². The predicted molar refractivity (Wildman–Crippen MR) is 133 cm³/mol. The Labute approximate surface area is 221 Å². The van der Waals surface area contributed by atoms with Crippen molar-refractivity contribution in [2.24, 2.45) is 5.92 Å². The van der Waals surface area contributed by atoms with Crippen molar-refractivity contribution in [1.82, 2.24) is 9.55 Å². The minimum atomic E-state index is -4.20. The lowest BCUT2D eigenvalue weighted by Gasteiger charge is -2.30. The van der Waals surface area contributed by atoms with Gasteiger partial charge >= 0.3 is 19.3 Å². The molecule has 2 unspecified atom stereocenters. The highest BCUT2D eigenvalue weighted by Gasteiger charge is 2.62. The maximum Gasteiger partial charge on any atom is 0.380 e. The molecule has 15 heteroatoms. The third-order valence-electron chi connectivity index (χ3n) is 5.65. The van der Waals surface area contributed by atoms with Crippen molar-refractivity contribution < 1.29 is 46.9 Å². The fourth-order valence-electron chi connectivity index (χ4n) is 3.76. The minimum Gasteiger partial charge on any atom is -0.463 e. The van der Waals surface area contributed by atoms with Crippen molar-refractivity contribution in [2.75, 3.05) is 12.8 Å². The Kier molecular flexibility index (Phi) is 9.61. The zero-order valence-electron chi connectivity index (χ0n) is 20.7. The number of aromatic nitrogens is 2. The standard InChI is InChI=1S/C23H29F2N2O9PS/c1-13(2)34-19(29)14(3)12-37(32,36-15-7-5-4-6-8-15)33-11-16-18(28)23(31,20(24)25)21(35-16)27-10-9-17(38)26-22(27)30/h4-10,13-14,16,18,20-21,28,31H,11-12H2,1-3H3,(H,26,30,38)/t14-,16-,18+,21-,23?,37?/m1/s1. The van der Waals surface area contributed by atoms with Crippen molar-refractivity contribution in [1.29, 1.82) is 0 Å². The quantitative estimate of drug-likeness (QED) is 0.206. The number of benzene rings is 1. The Morgan fingerprint density at radius 2 is 1.92 bits per heavy atom. The lowest BCUT2D eigenvalue weighted by Crippen LogP contribution is -2.54. The summed E-state index contributed by atoms with van der Waals surface area (Å²) in [4.78, 5) is 26.9. The van der Waals surface area contributed by atoms with E-state index in [0.717, 1.165) is 6.20 Å². The molecule has 2 heterocycles. The number of H-pyrrole nitrogens is 1. The largest absolute Gasteiger partial charge is 0.463 e. The average molecular weight is 579 g/mol. The molecule has 0 saturated carbocycles. The molecule has 210 valence electrons. The molecule has 0 radical (unpaired) electrons. The second kappa shape index (κ2) is 12.1. The van der Waals surface area contributed by atoms with Crippen LogP contribution < -0.4 is 10.2 Å². The van der Waals surface area contributed by atoms with Crippen LogP contribution in [0.1, 0.15) is 27.0 Å². The van der Waals surface area contributed by atoms with Gasteiger partial charge in [-0.15, -0.1) is 0 Å². The third kappa shape index (κ3) is 6.74. The molecule has 1 aliphatic heterocycles. The maximum absolute atomic E-state index is 14.0. The topological polar surface area (TPSA) is 149 Å². The zero-order chi connectivity index (χ0) is 28.3. The van der Waals surface area contributed by atoms with E-state index in [-0.39, 0.29) is 10.4 Å². The summed E-state index contributed by atoms with van der Waals surface area (Å²) in [5.41, 5.74) is -4.20. The summed E-state index contributed by atoms with van der Waals surface area (Å²) in [5, 5.41) is 21.4. The van der Waals surface area contributed by atoms with Gasteiger partial charge in [0, 0.05) is 6.20 Å². The minimum absolute atomic E-state index is 0.00868. The van der Waals surface area contributed by atoms with Gasteiger partial charge in [-0.2, -0.15) is 0 Å². The summed E-state index contributed by atoms with van der Waals surface area (Å²) in [6.07, 6.45) is -9.38. The maximum atomic E-state index is 14.0. The van der Waals surface area contributed by atoms with E-state index >= 15 is 0 Å². The van der Waals surface area contributed by atoms with Crippen LogP contribution in [0.25, 0.3) is 0 Å². The van der Waals surface area contributed by atoms with Crippen LogP contribution in [0.2, 0.25) is 0 Å². The summed E-state index contributed by atoms with van der Waals surface area (Å²) in [7, 11) is -4.20. The number of nitrogens with one attached hydrogen (secondary N) is 1. The highest BCUT2D eigenvalue weighted by Crippen LogP contribution is 2.51. The lowest BCUT2D eigenvalue weighted by molar-refractivity contribution is -0.185. The molecule has 0 aliphatic carbocycles. The van der Waals surface area contributed by atoms with Crippen molar-refractivity contribution in [3.63, 3.8) is 0 Å². The number of alkyl halides is 2. The smallest absolute Gasteiger partial charge is 0.380 e. The Bertz CT molecular complexity index is 1280. The van der Waals surface area contributed by atoms with Crippen molar-refractivity contribution in [3.8, 4) is 5.75 Å². The number of ether oxygens (including phenoxy) is 2. The Hall–Kier alpha value is -2.48. The summed E-state index contributed by atoms with van der Waals surface area (Å²) >= 11 is 4.83. The number of esters is 1. The molecule has 38 heavy (non-hydrogen) atoms. The highest BCUT2D eigenvalue weighted by atomic mass is 32.1. The van der Waals surface area contributed by atoms with E-state index in [1.165, 1.54) is 25.1 Å². The number of aliphatic hydroxyl groups is 2. The average Bonchev–Trinajstić information content (AvgIpc) is 3.09. The van der Waals surface area contributed by atoms with E-state index in [9.17, 15) is 33.1 Å². The number of carbonyl (C=O) groups excluding carboxylic acids is 1.